The molecule has 1 aliphatic carbocycles. The van der Waals surface area contributed by atoms with Crippen LogP contribution in [0.25, 0.3) is 0 Å². The Hall–Kier alpha value is -1.42. The molecule has 0 radical (unpaired) electrons. The van der Waals surface area contributed by atoms with Crippen LogP contribution in [0.2, 0.25) is 0 Å². The van der Waals surface area contributed by atoms with Crippen LogP contribution in [0.5, 0.6) is 0 Å². The lowest BCUT2D eigenvalue weighted by molar-refractivity contribution is 0.305. The molecular weight excluding hydrogens is 288 g/mol. The Labute approximate surface area is 126 Å². The molecule has 1 N–H and O–H groups in total. The lowest BCUT2D eigenvalue weighted by Crippen LogP contribution is -2.36. The third kappa shape index (κ3) is 3.82. The summed E-state index contributed by atoms with van der Waals surface area (Å²) in [6.07, 6.45) is 5.41. The number of sulfonamides is 1. The highest BCUT2D eigenvalue weighted by atomic mass is 32.2. The minimum absolute atomic E-state index is 0.000806. The zero-order chi connectivity index (χ0) is 15.5. The highest BCUT2D eigenvalue weighted by Gasteiger charge is 2.36. The molecule has 0 spiro atoms. The first-order chi connectivity index (χ1) is 9.96. The van der Waals surface area contributed by atoms with Crippen LogP contribution >= 0.6 is 0 Å². The number of aliphatic hydroxyl groups is 1. The molecule has 5 nitrogen and oxygen atoms in total. The number of pyridine rings is 1. The van der Waals surface area contributed by atoms with E-state index in [9.17, 15) is 8.42 Å². The predicted molar refractivity (Wildman–Crippen MR) is 80.0 cm³/mol. The van der Waals surface area contributed by atoms with Crippen LogP contribution in [0, 0.1) is 17.8 Å². The Morgan fingerprint density at radius 3 is 2.81 bits per heavy atom. The summed E-state index contributed by atoms with van der Waals surface area (Å²) in [5.41, 5.74) is 0.539. The summed E-state index contributed by atoms with van der Waals surface area (Å²) in [5, 5.41) is 8.70. The third-order valence-corrected chi connectivity index (χ3v) is 5.65. The normalized spacial score (nSPS) is 16.4. The van der Waals surface area contributed by atoms with E-state index in [1.807, 2.05) is 6.92 Å². The molecule has 1 aromatic rings. The van der Waals surface area contributed by atoms with Gasteiger partial charge in [0.15, 0.2) is 0 Å². The van der Waals surface area contributed by atoms with Gasteiger partial charge in [-0.2, -0.15) is 4.31 Å². The third-order valence-electron chi connectivity index (χ3n) is 3.74. The van der Waals surface area contributed by atoms with E-state index in [0.717, 1.165) is 12.8 Å². The molecule has 6 heteroatoms. The van der Waals surface area contributed by atoms with Crippen LogP contribution in [0.4, 0.5) is 0 Å². The molecule has 1 heterocycles. The second kappa shape index (κ2) is 6.56. The maximum absolute atomic E-state index is 12.6. The predicted octanol–water partition coefficient (Wildman–Crippen LogP) is 1.23. The van der Waals surface area contributed by atoms with Crippen molar-refractivity contribution < 1.29 is 13.5 Å². The highest BCUT2D eigenvalue weighted by molar-refractivity contribution is 7.89. The molecule has 1 atom stereocenters. The molecule has 0 amide bonds. The van der Waals surface area contributed by atoms with Crippen LogP contribution in [-0.4, -0.2) is 42.5 Å². The van der Waals surface area contributed by atoms with E-state index in [2.05, 4.69) is 16.8 Å². The van der Waals surface area contributed by atoms with Crippen molar-refractivity contribution in [2.45, 2.75) is 37.1 Å². The van der Waals surface area contributed by atoms with Crippen LogP contribution in [0.1, 0.15) is 31.7 Å². The van der Waals surface area contributed by atoms with Gasteiger partial charge in [0, 0.05) is 37.5 Å². The molecule has 1 aromatic heterocycles. The Kier molecular flexibility index (Phi) is 4.99. The van der Waals surface area contributed by atoms with Gasteiger partial charge < -0.3 is 5.11 Å². The molecular formula is C15H20N2O3S. The lowest BCUT2D eigenvalue weighted by atomic mass is 10.2. The Morgan fingerprint density at radius 2 is 2.19 bits per heavy atom. The standard InChI is InChI=1S/C15H20N2O3S/c1-12(14-6-7-14)17(2)21(19,20)15-9-13(10-16-11-15)5-3-4-8-18/h9-12,14,18H,4,6-8H2,1-2H3. The lowest BCUT2D eigenvalue weighted by Gasteiger charge is -2.24. The maximum atomic E-state index is 12.6. The molecule has 2 rings (SSSR count). The Morgan fingerprint density at radius 1 is 1.48 bits per heavy atom. The number of rotatable bonds is 5. The van der Waals surface area contributed by atoms with Gasteiger partial charge in [-0.15, -0.1) is 0 Å². The van der Waals surface area contributed by atoms with E-state index in [1.54, 1.807) is 7.05 Å². The van der Waals surface area contributed by atoms with E-state index in [0.29, 0.717) is 17.9 Å². The summed E-state index contributed by atoms with van der Waals surface area (Å²) in [6, 6.07) is 1.53. The number of nitrogens with zero attached hydrogens (tertiary/aromatic N) is 2. The van der Waals surface area contributed by atoms with Gasteiger partial charge in [0.1, 0.15) is 4.90 Å². The topological polar surface area (TPSA) is 70.5 Å². The SMILES string of the molecule is CC(C1CC1)N(C)S(=O)(=O)c1cncc(C#CCCO)c1. The molecule has 0 aromatic carbocycles. The van der Waals surface area contributed by atoms with E-state index in [1.165, 1.54) is 22.8 Å². The zero-order valence-electron chi connectivity index (χ0n) is 12.3. The Balaban J connectivity index is 2.23. The summed E-state index contributed by atoms with van der Waals surface area (Å²) in [7, 11) is -1.93. The van der Waals surface area contributed by atoms with E-state index in [-0.39, 0.29) is 17.5 Å². The van der Waals surface area contributed by atoms with Crippen molar-refractivity contribution >= 4 is 10.0 Å². The molecule has 1 fully saturated rings. The van der Waals surface area contributed by atoms with Crippen molar-refractivity contribution in [3.63, 3.8) is 0 Å². The van der Waals surface area contributed by atoms with E-state index < -0.39 is 10.0 Å². The first kappa shape index (κ1) is 16.0. The van der Waals surface area contributed by atoms with Gasteiger partial charge in [-0.05, 0) is 31.7 Å². The highest BCUT2D eigenvalue weighted by Crippen LogP contribution is 2.36. The monoisotopic (exact) mass is 308 g/mol. The van der Waals surface area contributed by atoms with Gasteiger partial charge in [0.05, 0.1) is 6.61 Å². The largest absolute Gasteiger partial charge is 0.395 e. The smallest absolute Gasteiger partial charge is 0.244 e. The summed E-state index contributed by atoms with van der Waals surface area (Å²) < 4.78 is 26.6. The van der Waals surface area contributed by atoms with Gasteiger partial charge in [-0.25, -0.2) is 8.42 Å². The van der Waals surface area contributed by atoms with Crippen molar-refractivity contribution in [2.75, 3.05) is 13.7 Å². The molecule has 0 aliphatic heterocycles. The van der Waals surface area contributed by atoms with Gasteiger partial charge >= 0.3 is 0 Å². The van der Waals surface area contributed by atoms with Crippen molar-refractivity contribution in [2.24, 2.45) is 5.92 Å². The molecule has 21 heavy (non-hydrogen) atoms. The van der Waals surface area contributed by atoms with Crippen LogP contribution in [-0.2, 0) is 10.0 Å². The maximum Gasteiger partial charge on any atom is 0.244 e. The van der Waals surface area contributed by atoms with Crippen molar-refractivity contribution in [1.29, 1.82) is 0 Å². The molecule has 1 saturated carbocycles. The average Bonchev–Trinajstić information content (AvgIpc) is 3.31. The summed E-state index contributed by atoms with van der Waals surface area (Å²) in [4.78, 5) is 4.12. The minimum atomic E-state index is -3.54. The molecule has 0 bridgehead atoms. The first-order valence-corrected chi connectivity index (χ1v) is 8.43. The molecule has 0 saturated heterocycles. The zero-order valence-corrected chi connectivity index (χ0v) is 13.1. The second-order valence-electron chi connectivity index (χ2n) is 5.28. The summed E-state index contributed by atoms with van der Waals surface area (Å²) >= 11 is 0. The minimum Gasteiger partial charge on any atom is -0.395 e. The fourth-order valence-electron chi connectivity index (χ4n) is 2.11. The van der Waals surface area contributed by atoms with Gasteiger partial charge in [0.25, 0.3) is 0 Å². The molecule has 114 valence electrons. The number of hydrogen-bond acceptors (Lipinski definition) is 4. The van der Waals surface area contributed by atoms with Crippen LogP contribution in [0.15, 0.2) is 23.4 Å². The number of aliphatic hydroxyl groups excluding tert-OH is 1. The molecule has 1 unspecified atom stereocenters. The van der Waals surface area contributed by atoms with Gasteiger partial charge in [-0.1, -0.05) is 11.8 Å². The fourth-order valence-corrected chi connectivity index (χ4v) is 3.52. The second-order valence-corrected chi connectivity index (χ2v) is 7.28. The molecule has 1 aliphatic rings. The van der Waals surface area contributed by atoms with Crippen LogP contribution < -0.4 is 0 Å². The first-order valence-electron chi connectivity index (χ1n) is 6.99. The average molecular weight is 308 g/mol. The van der Waals surface area contributed by atoms with Crippen molar-refractivity contribution in [3.05, 3.63) is 24.0 Å². The van der Waals surface area contributed by atoms with Gasteiger partial charge in [0.2, 0.25) is 10.0 Å². The van der Waals surface area contributed by atoms with E-state index >= 15 is 0 Å². The number of aromatic nitrogens is 1. The fraction of sp³-hybridized carbons (Fsp3) is 0.533. The van der Waals surface area contributed by atoms with Crippen LogP contribution in [0.3, 0.4) is 0 Å². The van der Waals surface area contributed by atoms with Crippen molar-refractivity contribution in [3.8, 4) is 11.8 Å². The summed E-state index contributed by atoms with van der Waals surface area (Å²) in [5.74, 6) is 6.03. The van der Waals surface area contributed by atoms with Crippen molar-refractivity contribution in [1.82, 2.24) is 9.29 Å². The summed E-state index contributed by atoms with van der Waals surface area (Å²) in [6.45, 7) is 1.92. The van der Waals surface area contributed by atoms with E-state index in [4.69, 9.17) is 5.11 Å². The Bertz CT molecular complexity index is 657. The van der Waals surface area contributed by atoms with Gasteiger partial charge in [-0.3, -0.25) is 4.98 Å². The quantitative estimate of drug-likeness (QED) is 0.831. The number of hydrogen-bond donors (Lipinski definition) is 1.